The number of thiophene rings is 1. The number of carbonyl (C=O) groups excluding carboxylic acids is 2. The number of halogens is 2. The zero-order valence-corrected chi connectivity index (χ0v) is 20.0. The van der Waals surface area contributed by atoms with Crippen LogP contribution in [0.15, 0.2) is 74.4 Å². The van der Waals surface area contributed by atoms with Crippen molar-refractivity contribution in [1.82, 2.24) is 9.66 Å². The van der Waals surface area contributed by atoms with Gasteiger partial charge in [-0.3, -0.25) is 19.8 Å². The van der Waals surface area contributed by atoms with Crippen LogP contribution < -0.4 is 15.7 Å². The Morgan fingerprint density at radius 2 is 1.91 bits per heavy atom. The van der Waals surface area contributed by atoms with Gasteiger partial charge in [-0.15, -0.1) is 11.3 Å². The Hall–Kier alpha value is -3.02. The van der Waals surface area contributed by atoms with Crippen LogP contribution in [0.5, 0.6) is 5.75 Å². The van der Waals surface area contributed by atoms with Gasteiger partial charge in [0.25, 0.3) is 11.5 Å². The summed E-state index contributed by atoms with van der Waals surface area (Å²) in [4.78, 5) is 42.4. The Labute approximate surface area is 203 Å². The molecule has 0 saturated heterocycles. The molecule has 4 rings (SSSR count). The van der Waals surface area contributed by atoms with E-state index >= 15 is 0 Å². The van der Waals surface area contributed by atoms with E-state index in [9.17, 15) is 18.8 Å². The van der Waals surface area contributed by atoms with E-state index in [-0.39, 0.29) is 23.3 Å². The number of ketones is 1. The summed E-state index contributed by atoms with van der Waals surface area (Å²) in [6.07, 6.45) is 0. The van der Waals surface area contributed by atoms with Crippen molar-refractivity contribution in [2.75, 3.05) is 17.8 Å². The predicted molar refractivity (Wildman–Crippen MR) is 129 cm³/mol. The lowest BCUT2D eigenvalue weighted by Gasteiger charge is -2.13. The molecule has 0 bridgehead atoms. The minimum atomic E-state index is -0.572. The van der Waals surface area contributed by atoms with Crippen LogP contribution in [-0.2, 0) is 4.79 Å². The van der Waals surface area contributed by atoms with Gasteiger partial charge >= 0.3 is 0 Å². The first-order valence-electron chi connectivity index (χ1n) is 9.51. The van der Waals surface area contributed by atoms with Gasteiger partial charge in [0.15, 0.2) is 17.5 Å². The molecule has 0 aliphatic heterocycles. The number of ether oxygens (including phenoxy) is 1. The molecule has 0 saturated carbocycles. The number of aromatic nitrogens is 2. The number of para-hydroxylation sites is 1. The van der Waals surface area contributed by atoms with Gasteiger partial charge in [0, 0.05) is 5.56 Å². The maximum absolute atomic E-state index is 13.1. The van der Waals surface area contributed by atoms with Gasteiger partial charge in [0.05, 0.1) is 15.7 Å². The van der Waals surface area contributed by atoms with E-state index < -0.39 is 17.3 Å². The van der Waals surface area contributed by atoms with Crippen molar-refractivity contribution in [3.8, 4) is 5.75 Å². The Morgan fingerprint density at radius 1 is 1.15 bits per heavy atom. The Bertz CT molecular complexity index is 1390. The highest BCUT2D eigenvalue weighted by atomic mass is 79.9. The average molecular weight is 548 g/mol. The summed E-state index contributed by atoms with van der Waals surface area (Å²) in [6, 6.07) is 13.9. The summed E-state index contributed by atoms with van der Waals surface area (Å²) >= 11 is 5.54. The lowest BCUT2D eigenvalue weighted by molar-refractivity contribution is -0.119. The first kappa shape index (κ1) is 23.1. The molecular weight excluding hydrogens is 533 g/mol. The number of rotatable bonds is 8. The second-order valence-corrected chi connectivity index (χ2v) is 9.36. The van der Waals surface area contributed by atoms with Gasteiger partial charge < -0.3 is 4.74 Å². The number of hydrogen-bond acceptors (Lipinski definition) is 7. The summed E-state index contributed by atoms with van der Waals surface area (Å²) in [7, 11) is 0. The van der Waals surface area contributed by atoms with Crippen LogP contribution in [0.4, 0.5) is 4.39 Å². The molecule has 1 N–H and O–H groups in total. The largest absolute Gasteiger partial charge is 0.483 e. The third-order valence-corrected chi connectivity index (χ3v) is 6.86. The molecule has 0 spiro atoms. The number of Topliss-reactive ketones (excluding diaryl/α,β-unsaturated/α-hetero) is 1. The summed E-state index contributed by atoms with van der Waals surface area (Å²) in [6.45, 7) is -0.337. The van der Waals surface area contributed by atoms with Gasteiger partial charge in [-0.1, -0.05) is 23.9 Å². The van der Waals surface area contributed by atoms with Gasteiger partial charge in [-0.2, -0.15) is 4.68 Å². The van der Waals surface area contributed by atoms with Crippen molar-refractivity contribution in [1.29, 1.82) is 0 Å². The van der Waals surface area contributed by atoms with Crippen molar-refractivity contribution in [3.63, 3.8) is 0 Å². The van der Waals surface area contributed by atoms with E-state index in [2.05, 4.69) is 26.3 Å². The van der Waals surface area contributed by atoms with Crippen LogP contribution >= 0.6 is 39.0 Å². The minimum Gasteiger partial charge on any atom is -0.483 e. The molecule has 2 aromatic carbocycles. The van der Waals surface area contributed by atoms with Crippen molar-refractivity contribution in [2.45, 2.75) is 5.16 Å². The smallest absolute Gasteiger partial charge is 0.291 e. The van der Waals surface area contributed by atoms with E-state index in [4.69, 9.17) is 4.74 Å². The van der Waals surface area contributed by atoms with Crippen molar-refractivity contribution >= 4 is 60.9 Å². The first-order chi connectivity index (χ1) is 15.9. The summed E-state index contributed by atoms with van der Waals surface area (Å²) < 4.78 is 20.7. The Kier molecular flexibility index (Phi) is 7.21. The molecule has 7 nitrogen and oxygen atoms in total. The highest BCUT2D eigenvalue weighted by Gasteiger charge is 2.17. The molecule has 0 atom stereocenters. The number of hydrogen-bond donors (Lipinski definition) is 1. The molecular formula is C22H15BrFN3O4S2. The molecule has 168 valence electrons. The molecule has 0 unspecified atom stereocenters. The fraction of sp³-hybridized carbons (Fsp3) is 0.0909. The van der Waals surface area contributed by atoms with Crippen molar-refractivity contribution in [3.05, 3.63) is 86.2 Å². The highest BCUT2D eigenvalue weighted by Crippen LogP contribution is 2.24. The number of amides is 1. The summed E-state index contributed by atoms with van der Waals surface area (Å²) in [5.41, 5.74) is 2.85. The molecule has 0 fully saturated rings. The van der Waals surface area contributed by atoms with E-state index in [1.807, 2.05) is 6.07 Å². The average Bonchev–Trinajstić information content (AvgIpc) is 3.28. The highest BCUT2D eigenvalue weighted by molar-refractivity contribution is 9.10. The molecule has 33 heavy (non-hydrogen) atoms. The number of benzene rings is 2. The maximum Gasteiger partial charge on any atom is 0.291 e. The van der Waals surface area contributed by atoms with Crippen LogP contribution in [-0.4, -0.2) is 33.7 Å². The lowest BCUT2D eigenvalue weighted by Crippen LogP contribution is -2.37. The minimum absolute atomic E-state index is 0.0585. The van der Waals surface area contributed by atoms with E-state index in [0.29, 0.717) is 26.0 Å². The van der Waals surface area contributed by atoms with Gasteiger partial charge in [0.1, 0.15) is 16.3 Å². The van der Waals surface area contributed by atoms with E-state index in [0.717, 1.165) is 16.4 Å². The van der Waals surface area contributed by atoms with Crippen molar-refractivity contribution < 1.29 is 18.7 Å². The molecule has 0 aliphatic rings. The van der Waals surface area contributed by atoms with Gasteiger partial charge in [0.2, 0.25) is 0 Å². The van der Waals surface area contributed by atoms with Crippen LogP contribution in [0.1, 0.15) is 10.4 Å². The van der Waals surface area contributed by atoms with Crippen molar-refractivity contribution in [2.24, 2.45) is 0 Å². The quantitative estimate of drug-likeness (QED) is 0.198. The SMILES string of the molecule is O=C(COc1ccccc1Br)Nn1c(SCC(=O)c2ccc(F)cc2)nc2ccsc2c1=O. The molecule has 2 aromatic heterocycles. The van der Waals surface area contributed by atoms with Gasteiger partial charge in [-0.05, 0) is 63.8 Å². The second-order valence-electron chi connectivity index (χ2n) is 6.64. The maximum atomic E-state index is 13.1. The fourth-order valence-electron chi connectivity index (χ4n) is 2.80. The third kappa shape index (κ3) is 5.49. The number of nitrogens with one attached hydrogen (secondary N) is 1. The molecule has 0 aliphatic carbocycles. The second kappa shape index (κ2) is 10.3. The van der Waals surface area contributed by atoms with Crippen LogP contribution in [0.3, 0.4) is 0 Å². The Balaban J connectivity index is 1.53. The summed E-state index contributed by atoms with van der Waals surface area (Å²) in [5.74, 6) is -0.861. The van der Waals surface area contributed by atoms with E-state index in [1.165, 1.54) is 35.6 Å². The molecule has 11 heteroatoms. The molecule has 2 heterocycles. The lowest BCUT2D eigenvalue weighted by atomic mass is 10.1. The topological polar surface area (TPSA) is 90.3 Å². The molecule has 1 amide bonds. The molecule has 4 aromatic rings. The number of fused-ring (bicyclic) bond motifs is 1. The fourth-order valence-corrected chi connectivity index (χ4v) is 4.80. The van der Waals surface area contributed by atoms with Crippen LogP contribution in [0.25, 0.3) is 10.2 Å². The van der Waals surface area contributed by atoms with E-state index in [1.54, 1.807) is 29.6 Å². The summed E-state index contributed by atoms with van der Waals surface area (Å²) in [5, 5.41) is 1.87. The number of thioether (sulfide) groups is 1. The number of carbonyl (C=O) groups is 2. The monoisotopic (exact) mass is 547 g/mol. The predicted octanol–water partition coefficient (Wildman–Crippen LogP) is 4.48. The van der Waals surface area contributed by atoms with Gasteiger partial charge in [-0.25, -0.2) is 9.37 Å². The zero-order chi connectivity index (χ0) is 23.4. The van der Waals surface area contributed by atoms with Crippen LogP contribution in [0, 0.1) is 5.82 Å². The molecule has 0 radical (unpaired) electrons. The Morgan fingerprint density at radius 3 is 2.67 bits per heavy atom. The standard InChI is InChI=1S/C22H15BrFN3O4S2/c23-15-3-1-2-4-18(15)31-11-19(29)26-27-21(30)20-16(9-10-32-20)25-22(27)33-12-17(28)13-5-7-14(24)8-6-13/h1-10H,11-12H2,(H,26,29). The van der Waals surface area contributed by atoms with Crippen LogP contribution in [0.2, 0.25) is 0 Å². The normalized spacial score (nSPS) is 10.8. The first-order valence-corrected chi connectivity index (χ1v) is 12.2. The zero-order valence-electron chi connectivity index (χ0n) is 16.8. The number of nitrogens with zero attached hydrogens (tertiary/aromatic N) is 2. The third-order valence-electron chi connectivity index (χ3n) is 4.38.